The van der Waals surface area contributed by atoms with Crippen molar-refractivity contribution in [1.29, 1.82) is 0 Å². The molecule has 1 saturated carbocycles. The van der Waals surface area contributed by atoms with Gasteiger partial charge in [0.25, 0.3) is 5.91 Å². The summed E-state index contributed by atoms with van der Waals surface area (Å²) in [5.74, 6) is 0.594. The highest BCUT2D eigenvalue weighted by Gasteiger charge is 2.28. The van der Waals surface area contributed by atoms with E-state index in [-0.39, 0.29) is 11.9 Å². The van der Waals surface area contributed by atoms with E-state index in [1.165, 1.54) is 12.8 Å². The number of nitrogens with one attached hydrogen (secondary N) is 2. The Morgan fingerprint density at radius 3 is 2.47 bits per heavy atom. The Balaban J connectivity index is 1.89. The van der Waals surface area contributed by atoms with E-state index >= 15 is 0 Å². The number of benzene rings is 1. The summed E-state index contributed by atoms with van der Waals surface area (Å²) in [4.78, 5) is 22.5. The van der Waals surface area contributed by atoms with Crippen LogP contribution in [-0.4, -0.2) is 18.0 Å². The molecular weight excluding hydrogens is 242 g/mol. The Labute approximate surface area is 112 Å². The standard InChI is InChI=1S/C14H19N3O2/c1-9(11-6-7-11)17-13(18)12-4-2-10(3-5-12)8-16-14(15)19/h2-5,9,11H,6-8H2,1H3,(H,17,18)(H3,15,16,19). The van der Waals surface area contributed by atoms with E-state index in [4.69, 9.17) is 5.73 Å². The Kier molecular flexibility index (Phi) is 4.04. The molecule has 2 rings (SSSR count). The van der Waals surface area contributed by atoms with Gasteiger partial charge in [-0.2, -0.15) is 0 Å². The predicted octanol–water partition coefficient (Wildman–Crippen LogP) is 1.38. The highest BCUT2D eigenvalue weighted by atomic mass is 16.2. The summed E-state index contributed by atoms with van der Waals surface area (Å²) in [6.45, 7) is 2.41. The second kappa shape index (κ2) is 5.73. The van der Waals surface area contributed by atoms with Crippen LogP contribution in [0.25, 0.3) is 0 Å². The Morgan fingerprint density at radius 2 is 1.95 bits per heavy atom. The lowest BCUT2D eigenvalue weighted by Crippen LogP contribution is -2.34. The lowest BCUT2D eigenvalue weighted by atomic mass is 10.1. The van der Waals surface area contributed by atoms with E-state index in [0.29, 0.717) is 18.0 Å². The van der Waals surface area contributed by atoms with Crippen molar-refractivity contribution < 1.29 is 9.59 Å². The highest BCUT2D eigenvalue weighted by Crippen LogP contribution is 2.32. The molecule has 19 heavy (non-hydrogen) atoms. The third-order valence-corrected chi connectivity index (χ3v) is 3.37. The average Bonchev–Trinajstić information content (AvgIpc) is 3.21. The first kappa shape index (κ1) is 13.4. The number of hydrogen-bond donors (Lipinski definition) is 3. The molecule has 1 fully saturated rings. The first-order valence-electron chi connectivity index (χ1n) is 6.49. The minimum atomic E-state index is -0.555. The molecule has 5 nitrogen and oxygen atoms in total. The summed E-state index contributed by atoms with van der Waals surface area (Å²) in [7, 11) is 0. The minimum Gasteiger partial charge on any atom is -0.352 e. The van der Waals surface area contributed by atoms with E-state index in [1.807, 2.05) is 19.1 Å². The van der Waals surface area contributed by atoms with Crippen LogP contribution in [0.2, 0.25) is 0 Å². The van der Waals surface area contributed by atoms with E-state index in [2.05, 4.69) is 10.6 Å². The molecule has 0 aliphatic heterocycles. The fraction of sp³-hybridized carbons (Fsp3) is 0.429. The van der Waals surface area contributed by atoms with Crippen LogP contribution in [0, 0.1) is 5.92 Å². The normalized spacial score (nSPS) is 15.6. The molecule has 0 bridgehead atoms. The number of primary amides is 1. The van der Waals surface area contributed by atoms with Gasteiger partial charge in [0, 0.05) is 18.2 Å². The summed E-state index contributed by atoms with van der Waals surface area (Å²) in [6.07, 6.45) is 2.42. The summed E-state index contributed by atoms with van der Waals surface area (Å²) in [5.41, 5.74) is 6.54. The third-order valence-electron chi connectivity index (χ3n) is 3.37. The van der Waals surface area contributed by atoms with Gasteiger partial charge >= 0.3 is 6.03 Å². The van der Waals surface area contributed by atoms with Gasteiger partial charge in [0.2, 0.25) is 0 Å². The van der Waals surface area contributed by atoms with Gasteiger partial charge in [-0.05, 0) is 43.4 Å². The fourth-order valence-corrected chi connectivity index (χ4v) is 1.97. The van der Waals surface area contributed by atoms with Crippen molar-refractivity contribution in [3.8, 4) is 0 Å². The molecule has 0 heterocycles. The summed E-state index contributed by atoms with van der Waals surface area (Å²) < 4.78 is 0. The SMILES string of the molecule is CC(NC(=O)c1ccc(CNC(N)=O)cc1)C1CC1. The second-order valence-electron chi connectivity index (χ2n) is 5.01. The van der Waals surface area contributed by atoms with Crippen molar-refractivity contribution in [1.82, 2.24) is 10.6 Å². The fourth-order valence-electron chi connectivity index (χ4n) is 1.97. The highest BCUT2D eigenvalue weighted by molar-refractivity contribution is 5.94. The van der Waals surface area contributed by atoms with Crippen LogP contribution >= 0.6 is 0 Å². The maximum atomic E-state index is 12.0. The number of nitrogens with two attached hydrogens (primary N) is 1. The summed E-state index contributed by atoms with van der Waals surface area (Å²) >= 11 is 0. The zero-order chi connectivity index (χ0) is 13.8. The average molecular weight is 261 g/mol. The molecule has 4 N–H and O–H groups in total. The molecule has 0 spiro atoms. The second-order valence-corrected chi connectivity index (χ2v) is 5.01. The van der Waals surface area contributed by atoms with Crippen molar-refractivity contribution in [2.45, 2.75) is 32.4 Å². The van der Waals surface area contributed by atoms with Crippen molar-refractivity contribution in [3.05, 3.63) is 35.4 Å². The molecule has 1 unspecified atom stereocenters. The molecule has 3 amide bonds. The number of amides is 3. The van der Waals surface area contributed by atoms with Crippen LogP contribution in [0.1, 0.15) is 35.7 Å². The minimum absolute atomic E-state index is 0.0474. The predicted molar refractivity (Wildman–Crippen MR) is 72.5 cm³/mol. The lowest BCUT2D eigenvalue weighted by Gasteiger charge is -2.13. The molecular formula is C14H19N3O2. The summed E-state index contributed by atoms with van der Waals surface area (Å²) in [6, 6.07) is 6.82. The van der Waals surface area contributed by atoms with E-state index in [0.717, 1.165) is 5.56 Å². The Morgan fingerprint density at radius 1 is 1.32 bits per heavy atom. The van der Waals surface area contributed by atoms with Crippen molar-refractivity contribution in [2.75, 3.05) is 0 Å². The number of carbonyl (C=O) groups excluding carboxylic acids is 2. The van der Waals surface area contributed by atoms with Crippen LogP contribution < -0.4 is 16.4 Å². The van der Waals surface area contributed by atoms with Gasteiger partial charge in [-0.15, -0.1) is 0 Å². The molecule has 102 valence electrons. The number of urea groups is 1. The van der Waals surface area contributed by atoms with Gasteiger partial charge in [-0.25, -0.2) is 4.79 Å². The zero-order valence-electron chi connectivity index (χ0n) is 11.0. The van der Waals surface area contributed by atoms with Crippen molar-refractivity contribution in [2.24, 2.45) is 11.7 Å². The number of hydrogen-bond acceptors (Lipinski definition) is 2. The summed E-state index contributed by atoms with van der Waals surface area (Å²) in [5, 5.41) is 5.50. The third kappa shape index (κ3) is 3.98. The van der Waals surface area contributed by atoms with Gasteiger partial charge in [0.15, 0.2) is 0 Å². The molecule has 1 aromatic carbocycles. The molecule has 1 aliphatic carbocycles. The first-order valence-corrected chi connectivity index (χ1v) is 6.49. The lowest BCUT2D eigenvalue weighted by molar-refractivity contribution is 0.0936. The smallest absolute Gasteiger partial charge is 0.312 e. The van der Waals surface area contributed by atoms with Gasteiger partial charge in [0.1, 0.15) is 0 Å². The van der Waals surface area contributed by atoms with E-state index in [9.17, 15) is 9.59 Å². The monoisotopic (exact) mass is 261 g/mol. The van der Waals surface area contributed by atoms with Gasteiger partial charge in [-0.3, -0.25) is 4.79 Å². The maximum absolute atomic E-state index is 12.0. The molecule has 1 aliphatic rings. The van der Waals surface area contributed by atoms with Crippen LogP contribution in [0.4, 0.5) is 4.79 Å². The van der Waals surface area contributed by atoms with Crippen LogP contribution in [-0.2, 0) is 6.54 Å². The molecule has 1 aromatic rings. The van der Waals surface area contributed by atoms with E-state index < -0.39 is 6.03 Å². The molecule has 0 radical (unpaired) electrons. The first-order chi connectivity index (χ1) is 9.06. The number of rotatable bonds is 5. The van der Waals surface area contributed by atoms with Crippen molar-refractivity contribution >= 4 is 11.9 Å². The molecule has 1 atom stereocenters. The topological polar surface area (TPSA) is 84.2 Å². The van der Waals surface area contributed by atoms with Crippen LogP contribution in [0.5, 0.6) is 0 Å². The Hall–Kier alpha value is -2.04. The molecule has 5 heteroatoms. The van der Waals surface area contributed by atoms with E-state index in [1.54, 1.807) is 12.1 Å². The zero-order valence-corrected chi connectivity index (χ0v) is 11.0. The van der Waals surface area contributed by atoms with Gasteiger partial charge in [0.05, 0.1) is 0 Å². The van der Waals surface area contributed by atoms with Crippen LogP contribution in [0.3, 0.4) is 0 Å². The number of carbonyl (C=O) groups is 2. The van der Waals surface area contributed by atoms with Crippen molar-refractivity contribution in [3.63, 3.8) is 0 Å². The Bertz CT molecular complexity index is 466. The quantitative estimate of drug-likeness (QED) is 0.748. The van der Waals surface area contributed by atoms with Gasteiger partial charge < -0.3 is 16.4 Å². The maximum Gasteiger partial charge on any atom is 0.312 e. The molecule has 0 aromatic heterocycles. The molecule has 0 saturated heterocycles. The van der Waals surface area contributed by atoms with Crippen LogP contribution in [0.15, 0.2) is 24.3 Å². The largest absolute Gasteiger partial charge is 0.352 e. The van der Waals surface area contributed by atoms with Gasteiger partial charge in [-0.1, -0.05) is 12.1 Å².